The Kier molecular flexibility index (Phi) is 11.2. The van der Waals surface area contributed by atoms with Crippen LogP contribution < -0.4 is 16.0 Å². The number of nitrogens with zero attached hydrogens (tertiary/aromatic N) is 3. The first-order valence-electron chi connectivity index (χ1n) is 10.5. The number of halogens is 1. The van der Waals surface area contributed by atoms with Gasteiger partial charge in [-0.05, 0) is 23.3 Å². The fraction of sp³-hybridized carbons (Fsp3) is 0.409. The van der Waals surface area contributed by atoms with Gasteiger partial charge in [-0.15, -0.1) is 24.0 Å². The van der Waals surface area contributed by atoms with Gasteiger partial charge in [0.25, 0.3) is 5.69 Å². The van der Waals surface area contributed by atoms with Crippen LogP contribution in [0.4, 0.5) is 11.4 Å². The van der Waals surface area contributed by atoms with Gasteiger partial charge in [0, 0.05) is 64.1 Å². The van der Waals surface area contributed by atoms with Gasteiger partial charge in [0.1, 0.15) is 0 Å². The third-order valence-corrected chi connectivity index (χ3v) is 5.11. The molecule has 0 radical (unpaired) electrons. The topological polar surface area (TPSA) is 104 Å². The highest BCUT2D eigenvalue weighted by Crippen LogP contribution is 2.15. The van der Waals surface area contributed by atoms with Crippen molar-refractivity contribution in [1.29, 1.82) is 0 Å². The van der Waals surface area contributed by atoms with Gasteiger partial charge in [-0.1, -0.05) is 24.3 Å². The number of benzene rings is 2. The summed E-state index contributed by atoms with van der Waals surface area (Å²) in [7, 11) is 1.75. The minimum Gasteiger partial charge on any atom is -0.383 e. The van der Waals surface area contributed by atoms with Gasteiger partial charge >= 0.3 is 0 Å². The maximum atomic E-state index is 10.7. The average Bonchev–Trinajstić information content (AvgIpc) is 2.80. The highest BCUT2D eigenvalue weighted by Gasteiger charge is 2.12. The Hall–Kier alpha value is -2.44. The van der Waals surface area contributed by atoms with E-state index < -0.39 is 4.92 Å². The summed E-state index contributed by atoms with van der Waals surface area (Å²) in [5.74, 6) is 0.728. The molecule has 1 fully saturated rings. The van der Waals surface area contributed by atoms with Gasteiger partial charge in [-0.2, -0.15) is 0 Å². The molecule has 1 saturated heterocycles. The number of morpholine rings is 1. The van der Waals surface area contributed by atoms with Crippen molar-refractivity contribution in [2.75, 3.05) is 51.8 Å². The summed E-state index contributed by atoms with van der Waals surface area (Å²) >= 11 is 0. The number of nitro benzene ring substituents is 1. The molecule has 3 N–H and O–H groups in total. The molecule has 3 rings (SSSR count). The molecular weight excluding hydrogens is 523 g/mol. The molecule has 1 aliphatic rings. The van der Waals surface area contributed by atoms with E-state index in [0.717, 1.165) is 44.5 Å². The van der Waals surface area contributed by atoms with Crippen molar-refractivity contribution in [2.45, 2.75) is 13.1 Å². The third kappa shape index (κ3) is 8.24. The van der Waals surface area contributed by atoms with Crippen LogP contribution in [0.15, 0.2) is 53.5 Å². The molecule has 9 nitrogen and oxygen atoms in total. The molecule has 0 unspecified atom stereocenters. The minimum absolute atomic E-state index is 0. The lowest BCUT2D eigenvalue weighted by Crippen LogP contribution is -2.39. The number of aliphatic imine (C=N–C) groups is 1. The molecule has 0 spiro atoms. The standard InChI is InChI=1S/C22H30N6O3.HI/c1-23-22(25-11-10-24-20-6-8-21(9-7-20)28(29)30)26-16-18-4-2-3-5-19(18)17-27-12-14-31-15-13-27;/h2-9,24H,10-17H2,1H3,(H2,23,25,26);1H. The zero-order valence-corrected chi connectivity index (χ0v) is 20.6. The van der Waals surface area contributed by atoms with Crippen LogP contribution in [0.25, 0.3) is 0 Å². The lowest BCUT2D eigenvalue weighted by atomic mass is 10.1. The van der Waals surface area contributed by atoms with Crippen LogP contribution in [0.3, 0.4) is 0 Å². The van der Waals surface area contributed by atoms with Crippen molar-refractivity contribution in [3.63, 3.8) is 0 Å². The van der Waals surface area contributed by atoms with Crippen LogP contribution >= 0.6 is 24.0 Å². The number of hydrogen-bond acceptors (Lipinski definition) is 6. The lowest BCUT2D eigenvalue weighted by Gasteiger charge is -2.27. The summed E-state index contributed by atoms with van der Waals surface area (Å²) in [6.45, 7) is 6.45. The summed E-state index contributed by atoms with van der Waals surface area (Å²) in [6.07, 6.45) is 0. The molecule has 0 bridgehead atoms. The van der Waals surface area contributed by atoms with Crippen molar-refractivity contribution in [3.05, 3.63) is 69.8 Å². The van der Waals surface area contributed by atoms with Gasteiger partial charge < -0.3 is 20.7 Å². The van der Waals surface area contributed by atoms with E-state index in [2.05, 4.69) is 50.1 Å². The average molecular weight is 554 g/mol. The molecule has 0 saturated carbocycles. The van der Waals surface area contributed by atoms with E-state index in [-0.39, 0.29) is 29.7 Å². The van der Waals surface area contributed by atoms with E-state index in [0.29, 0.717) is 19.6 Å². The highest BCUT2D eigenvalue weighted by atomic mass is 127. The van der Waals surface area contributed by atoms with E-state index in [1.54, 1.807) is 19.2 Å². The first-order valence-corrected chi connectivity index (χ1v) is 10.5. The van der Waals surface area contributed by atoms with Crippen LogP contribution in [0, 0.1) is 10.1 Å². The van der Waals surface area contributed by atoms with Crippen molar-refractivity contribution >= 4 is 41.3 Å². The predicted octanol–water partition coefficient (Wildman–Crippen LogP) is 2.82. The quantitative estimate of drug-likeness (QED) is 0.109. The van der Waals surface area contributed by atoms with Crippen molar-refractivity contribution < 1.29 is 9.66 Å². The van der Waals surface area contributed by atoms with Crippen molar-refractivity contribution in [2.24, 2.45) is 4.99 Å². The van der Waals surface area contributed by atoms with Crippen LogP contribution in [0.2, 0.25) is 0 Å². The number of nitrogens with one attached hydrogen (secondary N) is 3. The smallest absolute Gasteiger partial charge is 0.269 e. The fourth-order valence-corrected chi connectivity index (χ4v) is 3.37. The van der Waals surface area contributed by atoms with E-state index in [1.165, 1.54) is 23.3 Å². The second kappa shape index (κ2) is 13.9. The lowest BCUT2D eigenvalue weighted by molar-refractivity contribution is -0.384. The molecule has 0 aliphatic carbocycles. The van der Waals surface area contributed by atoms with E-state index >= 15 is 0 Å². The summed E-state index contributed by atoms with van der Waals surface area (Å²) in [6, 6.07) is 14.9. The Morgan fingerprint density at radius 1 is 1.06 bits per heavy atom. The highest BCUT2D eigenvalue weighted by molar-refractivity contribution is 14.0. The molecule has 1 aliphatic heterocycles. The Balaban J connectivity index is 0.00000363. The minimum atomic E-state index is -0.403. The normalized spacial score (nSPS) is 14.3. The molecule has 1 heterocycles. The van der Waals surface area contributed by atoms with E-state index in [1.807, 2.05) is 0 Å². The number of nitro groups is 1. The summed E-state index contributed by atoms with van der Waals surface area (Å²) < 4.78 is 5.44. The zero-order chi connectivity index (χ0) is 21.9. The Labute approximate surface area is 205 Å². The molecule has 2 aromatic carbocycles. The second-order valence-corrected chi connectivity index (χ2v) is 7.24. The molecule has 0 aromatic heterocycles. The van der Waals surface area contributed by atoms with Crippen molar-refractivity contribution in [1.82, 2.24) is 15.5 Å². The first-order chi connectivity index (χ1) is 15.2. The number of anilines is 1. The van der Waals surface area contributed by atoms with Gasteiger partial charge in [0.05, 0.1) is 18.1 Å². The Bertz CT molecular complexity index is 872. The third-order valence-electron chi connectivity index (χ3n) is 5.11. The van der Waals surface area contributed by atoms with E-state index in [4.69, 9.17) is 4.74 Å². The van der Waals surface area contributed by atoms with Crippen molar-refractivity contribution in [3.8, 4) is 0 Å². The fourth-order valence-electron chi connectivity index (χ4n) is 3.37. The molecule has 0 amide bonds. The summed E-state index contributed by atoms with van der Waals surface area (Å²) in [4.78, 5) is 17.0. The van der Waals surface area contributed by atoms with Crippen LogP contribution in [0.1, 0.15) is 11.1 Å². The molecule has 32 heavy (non-hydrogen) atoms. The first kappa shape index (κ1) is 25.8. The van der Waals surface area contributed by atoms with E-state index in [9.17, 15) is 10.1 Å². The van der Waals surface area contributed by atoms with Gasteiger partial charge in [-0.3, -0.25) is 20.0 Å². The van der Waals surface area contributed by atoms with Crippen LogP contribution in [-0.4, -0.2) is 62.2 Å². The van der Waals surface area contributed by atoms with Gasteiger partial charge in [0.15, 0.2) is 5.96 Å². The zero-order valence-electron chi connectivity index (χ0n) is 18.3. The molecule has 0 atom stereocenters. The molecule has 174 valence electrons. The van der Waals surface area contributed by atoms with Crippen LogP contribution in [-0.2, 0) is 17.8 Å². The van der Waals surface area contributed by atoms with Crippen LogP contribution in [0.5, 0.6) is 0 Å². The van der Waals surface area contributed by atoms with Gasteiger partial charge in [0.2, 0.25) is 0 Å². The Morgan fingerprint density at radius 3 is 2.41 bits per heavy atom. The van der Waals surface area contributed by atoms with Gasteiger partial charge in [-0.25, -0.2) is 0 Å². The number of ether oxygens (including phenoxy) is 1. The SMILES string of the molecule is CN=C(NCCNc1ccc([N+](=O)[O-])cc1)NCc1ccccc1CN1CCOCC1.I. The maximum absolute atomic E-state index is 10.7. The molecular formula is C22H31IN6O3. The number of non-ortho nitro benzene ring substituents is 1. The summed E-state index contributed by atoms with van der Waals surface area (Å²) in [5.41, 5.74) is 3.49. The largest absolute Gasteiger partial charge is 0.383 e. The number of rotatable bonds is 9. The summed E-state index contributed by atoms with van der Waals surface area (Å²) in [5, 5.41) is 20.6. The number of guanidine groups is 1. The molecule has 10 heteroatoms. The predicted molar refractivity (Wildman–Crippen MR) is 138 cm³/mol. The maximum Gasteiger partial charge on any atom is 0.269 e. The number of hydrogen-bond donors (Lipinski definition) is 3. The monoisotopic (exact) mass is 554 g/mol. The Morgan fingerprint density at radius 2 is 1.75 bits per heavy atom. The molecule has 2 aromatic rings. The second-order valence-electron chi connectivity index (χ2n) is 7.24.